The smallest absolute Gasteiger partial charge is 0.170 e. The predicted molar refractivity (Wildman–Crippen MR) is 63.6 cm³/mol. The SMILES string of the molecule is O=C(Cc1ccc(F)c(Cl)c1)c1ccncc1F. The van der Waals surface area contributed by atoms with Crippen molar-refractivity contribution in [3.05, 3.63) is 64.4 Å². The van der Waals surface area contributed by atoms with Crippen molar-refractivity contribution in [3.8, 4) is 0 Å². The minimum absolute atomic E-state index is 0.0366. The first kappa shape index (κ1) is 12.6. The van der Waals surface area contributed by atoms with Crippen molar-refractivity contribution in [2.75, 3.05) is 0 Å². The predicted octanol–water partition coefficient (Wildman–Crippen LogP) is 3.44. The van der Waals surface area contributed by atoms with E-state index >= 15 is 0 Å². The third kappa shape index (κ3) is 2.71. The van der Waals surface area contributed by atoms with E-state index in [9.17, 15) is 13.6 Å². The Morgan fingerprint density at radius 2 is 2.00 bits per heavy atom. The zero-order chi connectivity index (χ0) is 13.1. The molecular weight excluding hydrogens is 260 g/mol. The minimum Gasteiger partial charge on any atom is -0.294 e. The van der Waals surface area contributed by atoms with Crippen LogP contribution in [0.3, 0.4) is 0 Å². The van der Waals surface area contributed by atoms with Crippen molar-refractivity contribution in [1.82, 2.24) is 4.98 Å². The second-order valence-corrected chi connectivity index (χ2v) is 4.11. The Labute approximate surface area is 107 Å². The quantitative estimate of drug-likeness (QED) is 0.798. The van der Waals surface area contributed by atoms with Crippen LogP contribution in [0.1, 0.15) is 15.9 Å². The fourth-order valence-electron chi connectivity index (χ4n) is 1.53. The summed E-state index contributed by atoms with van der Waals surface area (Å²) >= 11 is 5.60. The number of halogens is 3. The van der Waals surface area contributed by atoms with Gasteiger partial charge in [0.2, 0.25) is 0 Å². The third-order valence-corrected chi connectivity index (χ3v) is 2.71. The molecule has 92 valence electrons. The maximum absolute atomic E-state index is 13.3. The first-order valence-electron chi connectivity index (χ1n) is 5.14. The highest BCUT2D eigenvalue weighted by Gasteiger charge is 2.12. The lowest BCUT2D eigenvalue weighted by molar-refractivity contribution is 0.0989. The number of ketones is 1. The Bertz CT molecular complexity index is 601. The molecule has 2 aromatic rings. The normalized spacial score (nSPS) is 10.4. The van der Waals surface area contributed by atoms with E-state index in [0.29, 0.717) is 5.56 Å². The van der Waals surface area contributed by atoms with Crippen molar-refractivity contribution in [3.63, 3.8) is 0 Å². The Kier molecular flexibility index (Phi) is 3.67. The number of carbonyl (C=O) groups is 1. The van der Waals surface area contributed by atoms with Crippen LogP contribution >= 0.6 is 11.6 Å². The standard InChI is InChI=1S/C13H8ClF2NO/c14-10-5-8(1-2-11(10)15)6-13(18)9-3-4-17-7-12(9)16/h1-5,7H,6H2. The maximum Gasteiger partial charge on any atom is 0.170 e. The number of carbonyl (C=O) groups excluding carboxylic acids is 1. The molecule has 1 aromatic carbocycles. The second kappa shape index (κ2) is 5.23. The molecule has 1 heterocycles. The lowest BCUT2D eigenvalue weighted by Crippen LogP contribution is -2.06. The van der Waals surface area contributed by atoms with Crippen molar-refractivity contribution in [2.45, 2.75) is 6.42 Å². The van der Waals surface area contributed by atoms with Crippen molar-refractivity contribution in [1.29, 1.82) is 0 Å². The van der Waals surface area contributed by atoms with Crippen LogP contribution in [0, 0.1) is 11.6 Å². The zero-order valence-corrected chi connectivity index (χ0v) is 9.92. The van der Waals surface area contributed by atoms with Crippen molar-refractivity contribution >= 4 is 17.4 Å². The molecule has 2 rings (SSSR count). The number of hydrogen-bond donors (Lipinski definition) is 0. The lowest BCUT2D eigenvalue weighted by Gasteiger charge is -2.03. The average molecular weight is 268 g/mol. The fourth-order valence-corrected chi connectivity index (χ4v) is 1.73. The summed E-state index contributed by atoms with van der Waals surface area (Å²) in [5.41, 5.74) is 0.494. The van der Waals surface area contributed by atoms with Crippen LogP contribution in [0.2, 0.25) is 5.02 Å². The Hall–Kier alpha value is -1.81. The first-order chi connectivity index (χ1) is 8.58. The highest BCUT2D eigenvalue weighted by atomic mass is 35.5. The molecule has 2 nitrogen and oxygen atoms in total. The number of Topliss-reactive ketones (excluding diaryl/α,β-unsaturated/α-hetero) is 1. The molecular formula is C13H8ClF2NO. The molecule has 5 heteroatoms. The highest BCUT2D eigenvalue weighted by molar-refractivity contribution is 6.30. The average Bonchev–Trinajstić information content (AvgIpc) is 2.34. The van der Waals surface area contributed by atoms with Gasteiger partial charge in [-0.3, -0.25) is 9.78 Å². The summed E-state index contributed by atoms with van der Waals surface area (Å²) in [4.78, 5) is 15.4. The second-order valence-electron chi connectivity index (χ2n) is 3.70. The molecule has 0 bridgehead atoms. The van der Waals surface area contributed by atoms with E-state index in [1.54, 1.807) is 0 Å². The summed E-state index contributed by atoms with van der Waals surface area (Å²) in [6.45, 7) is 0. The van der Waals surface area contributed by atoms with Crippen LogP contribution in [0.25, 0.3) is 0 Å². The largest absolute Gasteiger partial charge is 0.294 e. The van der Waals surface area contributed by atoms with Gasteiger partial charge in [-0.1, -0.05) is 17.7 Å². The van der Waals surface area contributed by atoms with E-state index < -0.39 is 17.4 Å². The summed E-state index contributed by atoms with van der Waals surface area (Å²) in [6, 6.07) is 5.28. The molecule has 0 atom stereocenters. The molecule has 0 fully saturated rings. The topological polar surface area (TPSA) is 30.0 Å². The van der Waals surface area contributed by atoms with Gasteiger partial charge in [0.25, 0.3) is 0 Å². The number of benzene rings is 1. The summed E-state index contributed by atoms with van der Waals surface area (Å²) < 4.78 is 26.3. The Morgan fingerprint density at radius 1 is 1.22 bits per heavy atom. The van der Waals surface area contributed by atoms with Crippen LogP contribution in [-0.4, -0.2) is 10.8 Å². The minimum atomic E-state index is -0.671. The van der Waals surface area contributed by atoms with Gasteiger partial charge in [0, 0.05) is 12.6 Å². The van der Waals surface area contributed by atoms with E-state index in [4.69, 9.17) is 11.6 Å². The fraction of sp³-hybridized carbons (Fsp3) is 0.0769. The highest BCUT2D eigenvalue weighted by Crippen LogP contribution is 2.18. The zero-order valence-electron chi connectivity index (χ0n) is 9.16. The van der Waals surface area contributed by atoms with E-state index in [2.05, 4.69) is 4.98 Å². The van der Waals surface area contributed by atoms with Crippen LogP contribution in [0.15, 0.2) is 36.7 Å². The van der Waals surface area contributed by atoms with Crippen LogP contribution in [0.4, 0.5) is 8.78 Å². The molecule has 0 N–H and O–H groups in total. The third-order valence-electron chi connectivity index (χ3n) is 2.42. The maximum atomic E-state index is 13.3. The molecule has 0 amide bonds. The van der Waals surface area contributed by atoms with Crippen molar-refractivity contribution in [2.24, 2.45) is 0 Å². The van der Waals surface area contributed by atoms with Gasteiger partial charge >= 0.3 is 0 Å². The van der Waals surface area contributed by atoms with E-state index in [-0.39, 0.29) is 17.0 Å². The summed E-state index contributed by atoms with van der Waals surface area (Å²) in [5.74, 6) is -1.63. The van der Waals surface area contributed by atoms with E-state index in [0.717, 1.165) is 6.20 Å². The van der Waals surface area contributed by atoms with Crippen LogP contribution < -0.4 is 0 Å². The number of rotatable bonds is 3. The summed E-state index contributed by atoms with van der Waals surface area (Å²) in [6.07, 6.45) is 2.28. The molecule has 0 saturated heterocycles. The van der Waals surface area contributed by atoms with Gasteiger partial charge in [0.15, 0.2) is 11.6 Å². The van der Waals surface area contributed by atoms with E-state index in [1.807, 2.05) is 0 Å². The number of pyridine rings is 1. The summed E-state index contributed by atoms with van der Waals surface area (Å²) in [5, 5.41) is -0.0597. The lowest BCUT2D eigenvalue weighted by atomic mass is 10.0. The monoisotopic (exact) mass is 267 g/mol. The summed E-state index contributed by atoms with van der Waals surface area (Å²) in [7, 11) is 0. The van der Waals surface area contributed by atoms with Gasteiger partial charge in [-0.05, 0) is 23.8 Å². The number of hydrogen-bond acceptors (Lipinski definition) is 2. The molecule has 1 aromatic heterocycles. The number of aromatic nitrogens is 1. The number of nitrogens with zero attached hydrogens (tertiary/aromatic N) is 1. The van der Waals surface area contributed by atoms with Gasteiger partial charge in [0.1, 0.15) is 5.82 Å². The molecule has 0 aliphatic rings. The first-order valence-corrected chi connectivity index (χ1v) is 5.52. The van der Waals surface area contributed by atoms with Gasteiger partial charge in [-0.15, -0.1) is 0 Å². The molecule has 0 unspecified atom stereocenters. The molecule has 0 spiro atoms. The molecule has 0 aliphatic heterocycles. The van der Waals surface area contributed by atoms with Gasteiger partial charge in [-0.2, -0.15) is 0 Å². The van der Waals surface area contributed by atoms with Gasteiger partial charge < -0.3 is 0 Å². The Balaban J connectivity index is 2.22. The molecule has 18 heavy (non-hydrogen) atoms. The van der Waals surface area contributed by atoms with Gasteiger partial charge in [-0.25, -0.2) is 8.78 Å². The molecule has 0 radical (unpaired) electrons. The molecule has 0 saturated carbocycles. The van der Waals surface area contributed by atoms with Gasteiger partial charge in [0.05, 0.1) is 16.8 Å². The molecule has 0 aliphatic carbocycles. The van der Waals surface area contributed by atoms with Crippen LogP contribution in [-0.2, 0) is 6.42 Å². The van der Waals surface area contributed by atoms with E-state index in [1.165, 1.54) is 30.5 Å². The van der Waals surface area contributed by atoms with Crippen LogP contribution in [0.5, 0.6) is 0 Å². The Morgan fingerprint density at radius 3 is 2.67 bits per heavy atom. The van der Waals surface area contributed by atoms with Crippen molar-refractivity contribution < 1.29 is 13.6 Å².